The van der Waals surface area contributed by atoms with Crippen LogP contribution in [0.2, 0.25) is 0 Å². The molecule has 2 heterocycles. The zero-order valence-electron chi connectivity index (χ0n) is 9.49. The van der Waals surface area contributed by atoms with Gasteiger partial charge in [-0.15, -0.1) is 0 Å². The number of pyridine rings is 1. The summed E-state index contributed by atoms with van der Waals surface area (Å²) in [4.78, 5) is 18.3. The highest BCUT2D eigenvalue weighted by atomic mass is 16.5. The molecule has 0 bridgehead atoms. The molecule has 0 radical (unpaired) electrons. The first-order chi connectivity index (χ1) is 8.29. The van der Waals surface area contributed by atoms with Gasteiger partial charge in [-0.1, -0.05) is 11.8 Å². The third-order valence-corrected chi connectivity index (χ3v) is 2.17. The van der Waals surface area contributed by atoms with Crippen molar-refractivity contribution in [2.45, 2.75) is 13.3 Å². The van der Waals surface area contributed by atoms with Gasteiger partial charge in [-0.25, -0.2) is 4.98 Å². The van der Waals surface area contributed by atoms with E-state index in [0.29, 0.717) is 6.61 Å². The van der Waals surface area contributed by atoms with E-state index < -0.39 is 0 Å². The number of hydrogen-bond acceptors (Lipinski definition) is 3. The van der Waals surface area contributed by atoms with Crippen LogP contribution in [0.1, 0.15) is 18.9 Å². The summed E-state index contributed by atoms with van der Waals surface area (Å²) in [5.74, 6) is 5.36. The average Bonchev–Trinajstić information content (AvgIpc) is 2.76. The Hall–Kier alpha value is -2.28. The topological polar surface area (TPSA) is 55.0 Å². The number of nitrogens with one attached hydrogen (secondary N) is 1. The first kappa shape index (κ1) is 11.2. The second kappa shape index (κ2) is 5.17. The maximum absolute atomic E-state index is 11.1. The number of rotatable bonds is 2. The number of esters is 1. The number of H-pyrrole nitrogens is 1. The summed E-state index contributed by atoms with van der Waals surface area (Å²) in [5.41, 5.74) is 1.63. The third kappa shape index (κ3) is 2.85. The van der Waals surface area contributed by atoms with Crippen LogP contribution in [0.5, 0.6) is 0 Å². The molecule has 1 N–H and O–H groups in total. The maximum atomic E-state index is 11.1. The first-order valence-electron chi connectivity index (χ1n) is 5.37. The van der Waals surface area contributed by atoms with Crippen molar-refractivity contribution < 1.29 is 9.53 Å². The molecule has 2 aromatic heterocycles. The van der Waals surface area contributed by atoms with Crippen molar-refractivity contribution in [2.75, 3.05) is 6.61 Å². The molecule has 0 saturated heterocycles. The molecule has 0 fully saturated rings. The Morgan fingerprint density at radius 1 is 1.59 bits per heavy atom. The lowest BCUT2D eigenvalue weighted by molar-refractivity contribution is -0.141. The van der Waals surface area contributed by atoms with Gasteiger partial charge >= 0.3 is 5.97 Å². The number of hydrogen-bond donors (Lipinski definition) is 1. The molecule has 4 heteroatoms. The Balaban J connectivity index is 2.07. The van der Waals surface area contributed by atoms with Gasteiger partial charge in [0.2, 0.25) is 0 Å². The molecule has 86 valence electrons. The van der Waals surface area contributed by atoms with E-state index >= 15 is 0 Å². The lowest BCUT2D eigenvalue weighted by Crippen LogP contribution is -2.01. The van der Waals surface area contributed by atoms with Crippen LogP contribution in [0, 0.1) is 11.8 Å². The highest BCUT2D eigenvalue weighted by Gasteiger charge is 1.97. The Kier molecular flexibility index (Phi) is 3.41. The van der Waals surface area contributed by atoms with Gasteiger partial charge in [-0.3, -0.25) is 4.79 Å². The average molecular weight is 228 g/mol. The second-order valence-corrected chi connectivity index (χ2v) is 3.42. The Labute approximate surface area is 99.0 Å². The van der Waals surface area contributed by atoms with Crippen LogP contribution >= 0.6 is 0 Å². The third-order valence-electron chi connectivity index (χ3n) is 2.17. The van der Waals surface area contributed by atoms with E-state index in [1.807, 2.05) is 18.3 Å². The maximum Gasteiger partial charge on any atom is 0.317 e. The van der Waals surface area contributed by atoms with Crippen molar-refractivity contribution in [3.63, 3.8) is 0 Å². The van der Waals surface area contributed by atoms with Crippen molar-refractivity contribution in [1.82, 2.24) is 9.97 Å². The van der Waals surface area contributed by atoms with E-state index in [2.05, 4.69) is 21.8 Å². The number of fused-ring (bicyclic) bond motifs is 1. The molecule has 2 rings (SSSR count). The van der Waals surface area contributed by atoms with Gasteiger partial charge in [0.05, 0.1) is 6.61 Å². The van der Waals surface area contributed by atoms with Crippen molar-refractivity contribution in [1.29, 1.82) is 0 Å². The van der Waals surface area contributed by atoms with Gasteiger partial charge < -0.3 is 9.72 Å². The van der Waals surface area contributed by atoms with Crippen LogP contribution in [0.3, 0.4) is 0 Å². The molecule has 17 heavy (non-hydrogen) atoms. The quantitative estimate of drug-likeness (QED) is 0.630. The summed E-state index contributed by atoms with van der Waals surface area (Å²) in [6.45, 7) is 2.16. The van der Waals surface area contributed by atoms with E-state index in [1.165, 1.54) is 0 Å². The molecule has 0 aliphatic rings. The largest absolute Gasteiger partial charge is 0.465 e. The van der Waals surface area contributed by atoms with Crippen LogP contribution < -0.4 is 0 Å². The smallest absolute Gasteiger partial charge is 0.317 e. The highest BCUT2D eigenvalue weighted by Crippen LogP contribution is 2.10. The SMILES string of the molecule is CCOC(=O)CC#Cc1cnc2[nH]ccc2c1. The predicted molar refractivity (Wildman–Crippen MR) is 64.2 cm³/mol. The molecule has 0 amide bonds. The lowest BCUT2D eigenvalue weighted by Gasteiger charge is -1.95. The Morgan fingerprint density at radius 2 is 2.47 bits per heavy atom. The van der Waals surface area contributed by atoms with Crippen molar-refractivity contribution >= 4 is 17.0 Å². The first-order valence-corrected chi connectivity index (χ1v) is 5.37. The van der Waals surface area contributed by atoms with Crippen LogP contribution in [-0.2, 0) is 9.53 Å². The highest BCUT2D eigenvalue weighted by molar-refractivity contribution is 5.77. The number of aromatic amines is 1. The minimum absolute atomic E-state index is 0.110. The fourth-order valence-corrected chi connectivity index (χ4v) is 1.44. The van der Waals surface area contributed by atoms with E-state index in [-0.39, 0.29) is 12.4 Å². The van der Waals surface area contributed by atoms with Crippen molar-refractivity contribution in [3.8, 4) is 11.8 Å². The minimum Gasteiger partial charge on any atom is -0.465 e. The Morgan fingerprint density at radius 3 is 3.29 bits per heavy atom. The van der Waals surface area contributed by atoms with Crippen molar-refractivity contribution in [2.24, 2.45) is 0 Å². The van der Waals surface area contributed by atoms with Crippen LogP contribution in [0.25, 0.3) is 11.0 Å². The number of nitrogens with zero attached hydrogens (tertiary/aromatic N) is 1. The monoisotopic (exact) mass is 228 g/mol. The fourth-order valence-electron chi connectivity index (χ4n) is 1.44. The van der Waals surface area contributed by atoms with Gasteiger partial charge in [0.25, 0.3) is 0 Å². The fraction of sp³-hybridized carbons (Fsp3) is 0.231. The van der Waals surface area contributed by atoms with E-state index in [4.69, 9.17) is 4.74 Å². The summed E-state index contributed by atoms with van der Waals surface area (Å²) < 4.78 is 4.78. The normalized spacial score (nSPS) is 9.71. The number of ether oxygens (including phenoxy) is 1. The van der Waals surface area contributed by atoms with Gasteiger partial charge in [0.1, 0.15) is 12.1 Å². The van der Waals surface area contributed by atoms with E-state index in [9.17, 15) is 4.79 Å². The molecule has 0 aliphatic carbocycles. The van der Waals surface area contributed by atoms with Crippen LogP contribution in [0.4, 0.5) is 0 Å². The summed E-state index contributed by atoms with van der Waals surface area (Å²) in [7, 11) is 0. The standard InChI is InChI=1S/C13H12N2O2/c1-2-17-12(16)5-3-4-10-8-11-6-7-14-13(11)15-9-10/h6-9H,2,5H2,1H3,(H,14,15). The molecule has 4 nitrogen and oxygen atoms in total. The molecule has 0 atom stereocenters. The summed E-state index contributed by atoms with van der Waals surface area (Å²) in [5, 5.41) is 1.01. The van der Waals surface area contributed by atoms with Crippen LogP contribution in [0.15, 0.2) is 24.5 Å². The minimum atomic E-state index is -0.296. The van der Waals surface area contributed by atoms with Gasteiger partial charge in [0.15, 0.2) is 0 Å². The Bertz CT molecular complexity index is 590. The number of carbonyl (C=O) groups excluding carboxylic acids is 1. The molecule has 0 saturated carbocycles. The van der Waals surface area contributed by atoms with Gasteiger partial charge in [0, 0.05) is 23.3 Å². The molecule has 0 spiro atoms. The van der Waals surface area contributed by atoms with Crippen molar-refractivity contribution in [3.05, 3.63) is 30.1 Å². The summed E-state index contributed by atoms with van der Waals surface area (Å²) in [6, 6.07) is 3.86. The van der Waals surface area contributed by atoms with Crippen LogP contribution in [-0.4, -0.2) is 22.5 Å². The predicted octanol–water partition coefficient (Wildman–Crippen LogP) is 1.87. The van der Waals surface area contributed by atoms with Gasteiger partial charge in [-0.05, 0) is 19.1 Å². The lowest BCUT2D eigenvalue weighted by atomic mass is 10.2. The molecule has 0 aliphatic heterocycles. The second-order valence-electron chi connectivity index (χ2n) is 3.42. The zero-order valence-corrected chi connectivity index (χ0v) is 9.49. The molecule has 0 unspecified atom stereocenters. The molecular weight excluding hydrogens is 216 g/mol. The summed E-state index contributed by atoms with van der Waals surface area (Å²) in [6.07, 6.45) is 3.61. The molecule has 0 aromatic carbocycles. The van der Waals surface area contributed by atoms with E-state index in [1.54, 1.807) is 13.1 Å². The molecular formula is C13H12N2O2. The van der Waals surface area contributed by atoms with Gasteiger partial charge in [-0.2, -0.15) is 0 Å². The molecule has 2 aromatic rings. The number of carbonyl (C=O) groups is 1. The zero-order chi connectivity index (χ0) is 12.1. The van der Waals surface area contributed by atoms with E-state index in [0.717, 1.165) is 16.6 Å². The number of aromatic nitrogens is 2. The summed E-state index contributed by atoms with van der Waals surface area (Å²) >= 11 is 0.